The van der Waals surface area contributed by atoms with E-state index < -0.39 is 0 Å². The molecule has 1 saturated heterocycles. The summed E-state index contributed by atoms with van der Waals surface area (Å²) in [7, 11) is 0. The summed E-state index contributed by atoms with van der Waals surface area (Å²) < 4.78 is 5.73. The van der Waals surface area contributed by atoms with Gasteiger partial charge in [0.2, 0.25) is 11.6 Å². The highest BCUT2D eigenvalue weighted by molar-refractivity contribution is 6.30. The van der Waals surface area contributed by atoms with Gasteiger partial charge in [0.25, 0.3) is 0 Å². The van der Waals surface area contributed by atoms with Gasteiger partial charge in [-0.3, -0.25) is 4.79 Å². The summed E-state index contributed by atoms with van der Waals surface area (Å²) >= 11 is 5.91. The molecular formula is C21H23ClN4O2. The fraction of sp³-hybridized carbons (Fsp3) is 0.381. The quantitative estimate of drug-likeness (QED) is 0.718. The van der Waals surface area contributed by atoms with Gasteiger partial charge in [-0.2, -0.15) is 0 Å². The fourth-order valence-corrected chi connectivity index (χ4v) is 3.85. The first-order valence-electron chi connectivity index (χ1n) is 9.50. The second kappa shape index (κ2) is 7.80. The Labute approximate surface area is 168 Å². The van der Waals surface area contributed by atoms with Crippen LogP contribution in [0, 0.1) is 19.8 Å². The maximum Gasteiger partial charge on any atom is 0.231 e. The zero-order chi connectivity index (χ0) is 19.7. The number of furan rings is 1. The zero-order valence-electron chi connectivity index (χ0n) is 16.0. The smallest absolute Gasteiger partial charge is 0.231 e. The third-order valence-corrected chi connectivity index (χ3v) is 5.67. The van der Waals surface area contributed by atoms with Crippen molar-refractivity contribution in [3.63, 3.8) is 0 Å². The van der Waals surface area contributed by atoms with E-state index in [0.29, 0.717) is 23.8 Å². The molecule has 0 saturated carbocycles. The lowest BCUT2D eigenvalue weighted by atomic mass is 9.96. The highest BCUT2D eigenvalue weighted by atomic mass is 35.5. The van der Waals surface area contributed by atoms with Crippen LogP contribution in [-0.2, 0) is 11.3 Å². The number of hydrogen-bond donors (Lipinski definition) is 1. The first-order valence-corrected chi connectivity index (χ1v) is 9.88. The third-order valence-electron chi connectivity index (χ3n) is 5.42. The molecule has 1 fully saturated rings. The van der Waals surface area contributed by atoms with Crippen LogP contribution in [0.3, 0.4) is 0 Å². The summed E-state index contributed by atoms with van der Waals surface area (Å²) in [6.45, 7) is 5.97. The Kier molecular flexibility index (Phi) is 5.22. The van der Waals surface area contributed by atoms with Crippen molar-refractivity contribution in [1.82, 2.24) is 15.3 Å². The summed E-state index contributed by atoms with van der Waals surface area (Å²) in [4.78, 5) is 23.7. The van der Waals surface area contributed by atoms with Gasteiger partial charge in [-0.05, 0) is 44.4 Å². The number of benzene rings is 1. The fourth-order valence-electron chi connectivity index (χ4n) is 3.72. The van der Waals surface area contributed by atoms with Crippen LogP contribution in [-0.4, -0.2) is 29.0 Å². The molecule has 1 N–H and O–H groups in total. The number of nitrogens with zero attached hydrogens (tertiary/aromatic N) is 3. The van der Waals surface area contributed by atoms with Crippen LogP contribution in [0.15, 0.2) is 35.0 Å². The maximum atomic E-state index is 12.7. The molecule has 0 spiro atoms. The topological polar surface area (TPSA) is 71.3 Å². The van der Waals surface area contributed by atoms with Gasteiger partial charge in [-0.15, -0.1) is 0 Å². The lowest BCUT2D eigenvalue weighted by Gasteiger charge is -2.33. The van der Waals surface area contributed by atoms with E-state index in [9.17, 15) is 4.79 Å². The Bertz CT molecular complexity index is 1000. The minimum Gasteiger partial charge on any atom is -0.443 e. The van der Waals surface area contributed by atoms with Crippen LogP contribution in [0.2, 0.25) is 5.02 Å². The number of aromatic nitrogens is 2. The van der Waals surface area contributed by atoms with E-state index in [4.69, 9.17) is 16.0 Å². The van der Waals surface area contributed by atoms with Crippen LogP contribution >= 0.6 is 11.6 Å². The van der Waals surface area contributed by atoms with Gasteiger partial charge in [-0.1, -0.05) is 23.7 Å². The van der Waals surface area contributed by atoms with Crippen molar-refractivity contribution in [3.05, 3.63) is 52.5 Å². The molecule has 0 radical (unpaired) electrons. The van der Waals surface area contributed by atoms with Crippen molar-refractivity contribution in [2.75, 3.05) is 18.0 Å². The van der Waals surface area contributed by atoms with Crippen LogP contribution < -0.4 is 10.2 Å². The van der Waals surface area contributed by atoms with Crippen LogP contribution in [0.4, 0.5) is 5.82 Å². The molecular weight excluding hydrogens is 376 g/mol. The SMILES string of the molecule is Cc1oc2ncnc(N3CCC[C@H](C(=O)NCc4ccc(Cl)cc4)C3)c2c1C. The number of carbonyl (C=O) groups excluding carboxylic acids is 1. The highest BCUT2D eigenvalue weighted by Gasteiger charge is 2.28. The zero-order valence-corrected chi connectivity index (χ0v) is 16.8. The number of hydrogen-bond acceptors (Lipinski definition) is 5. The standard InChI is InChI=1S/C21H23ClN4O2/c1-13-14(2)28-21-18(13)19(24-12-25-21)26-9-3-4-16(11-26)20(27)23-10-15-5-7-17(22)8-6-15/h5-8,12,16H,3-4,9-11H2,1-2H3,(H,23,27)/t16-/m0/s1. The minimum atomic E-state index is -0.0700. The third kappa shape index (κ3) is 3.69. The van der Waals surface area contributed by atoms with E-state index in [1.165, 1.54) is 6.33 Å². The lowest BCUT2D eigenvalue weighted by Crippen LogP contribution is -2.43. The number of piperidine rings is 1. The molecule has 1 aliphatic heterocycles. The molecule has 0 aliphatic carbocycles. The molecule has 6 nitrogen and oxygen atoms in total. The van der Waals surface area contributed by atoms with E-state index >= 15 is 0 Å². The monoisotopic (exact) mass is 398 g/mol. The van der Waals surface area contributed by atoms with E-state index in [0.717, 1.165) is 47.5 Å². The molecule has 3 heterocycles. The van der Waals surface area contributed by atoms with Gasteiger partial charge < -0.3 is 14.6 Å². The Balaban J connectivity index is 1.47. The molecule has 0 unspecified atom stereocenters. The second-order valence-corrected chi connectivity index (χ2v) is 7.73. The van der Waals surface area contributed by atoms with Gasteiger partial charge in [-0.25, -0.2) is 9.97 Å². The number of amides is 1. The van der Waals surface area contributed by atoms with Crippen molar-refractivity contribution in [2.24, 2.45) is 5.92 Å². The van der Waals surface area contributed by atoms with Gasteiger partial charge in [0.05, 0.1) is 11.3 Å². The molecule has 28 heavy (non-hydrogen) atoms. The Hall–Kier alpha value is -2.60. The number of anilines is 1. The molecule has 1 aliphatic rings. The van der Waals surface area contributed by atoms with Crippen LogP contribution in [0.25, 0.3) is 11.1 Å². The predicted molar refractivity (Wildman–Crippen MR) is 110 cm³/mol. The Morgan fingerprint density at radius 1 is 1.29 bits per heavy atom. The second-order valence-electron chi connectivity index (χ2n) is 7.29. The number of rotatable bonds is 4. The van der Waals surface area contributed by atoms with Gasteiger partial charge >= 0.3 is 0 Å². The van der Waals surface area contributed by atoms with Crippen molar-refractivity contribution >= 4 is 34.4 Å². The summed E-state index contributed by atoms with van der Waals surface area (Å²) in [5.41, 5.74) is 2.70. The Morgan fingerprint density at radius 3 is 2.86 bits per heavy atom. The average Bonchev–Trinajstić information content (AvgIpc) is 3.01. The molecule has 2 aromatic heterocycles. The maximum absolute atomic E-state index is 12.7. The van der Waals surface area contributed by atoms with Gasteiger partial charge in [0, 0.05) is 30.2 Å². The first-order chi connectivity index (χ1) is 13.5. The van der Waals surface area contributed by atoms with E-state index in [1.54, 1.807) is 0 Å². The number of halogens is 1. The molecule has 1 aromatic carbocycles. The molecule has 146 valence electrons. The summed E-state index contributed by atoms with van der Waals surface area (Å²) in [6, 6.07) is 7.52. The van der Waals surface area contributed by atoms with E-state index in [-0.39, 0.29) is 11.8 Å². The summed E-state index contributed by atoms with van der Waals surface area (Å²) in [6.07, 6.45) is 3.35. The summed E-state index contributed by atoms with van der Waals surface area (Å²) in [5, 5.41) is 4.69. The van der Waals surface area contributed by atoms with Crippen molar-refractivity contribution in [3.8, 4) is 0 Å². The minimum absolute atomic E-state index is 0.0700. The number of aryl methyl sites for hydroxylation is 2. The largest absolute Gasteiger partial charge is 0.443 e. The number of nitrogens with one attached hydrogen (secondary N) is 1. The van der Waals surface area contributed by atoms with Crippen LogP contribution in [0.5, 0.6) is 0 Å². The molecule has 0 bridgehead atoms. The lowest BCUT2D eigenvalue weighted by molar-refractivity contribution is -0.125. The number of carbonyl (C=O) groups is 1. The van der Waals surface area contributed by atoms with Gasteiger partial charge in [0.1, 0.15) is 17.9 Å². The Morgan fingerprint density at radius 2 is 2.07 bits per heavy atom. The van der Waals surface area contributed by atoms with Gasteiger partial charge in [0.15, 0.2) is 0 Å². The van der Waals surface area contributed by atoms with Crippen molar-refractivity contribution < 1.29 is 9.21 Å². The highest BCUT2D eigenvalue weighted by Crippen LogP contribution is 2.32. The predicted octanol–water partition coefficient (Wildman–Crippen LogP) is 4.03. The normalized spacial score (nSPS) is 17.1. The van der Waals surface area contributed by atoms with E-state index in [2.05, 4.69) is 20.2 Å². The average molecular weight is 399 g/mol. The van der Waals surface area contributed by atoms with Crippen molar-refractivity contribution in [1.29, 1.82) is 0 Å². The van der Waals surface area contributed by atoms with E-state index in [1.807, 2.05) is 38.1 Å². The molecule has 4 rings (SSSR count). The van der Waals surface area contributed by atoms with Crippen LogP contribution in [0.1, 0.15) is 29.7 Å². The molecule has 1 atom stereocenters. The van der Waals surface area contributed by atoms with Crippen molar-refractivity contribution in [2.45, 2.75) is 33.2 Å². The molecule has 3 aromatic rings. The molecule has 1 amide bonds. The summed E-state index contributed by atoms with van der Waals surface area (Å²) in [5.74, 6) is 1.71. The molecule has 7 heteroatoms. The number of fused-ring (bicyclic) bond motifs is 1. The first kappa shape index (κ1) is 18.7.